The summed E-state index contributed by atoms with van der Waals surface area (Å²) >= 11 is 0. The van der Waals surface area contributed by atoms with E-state index in [9.17, 15) is 0 Å². The number of fused-ring (bicyclic) bond motifs is 1. The van der Waals surface area contributed by atoms with Gasteiger partial charge in [-0.25, -0.2) is 0 Å². The van der Waals surface area contributed by atoms with E-state index in [1.54, 1.807) is 0 Å². The van der Waals surface area contributed by atoms with Crippen LogP contribution in [0, 0.1) is 6.92 Å². The maximum absolute atomic E-state index is 4.43. The number of anilines is 1. The van der Waals surface area contributed by atoms with Crippen LogP contribution in [0.25, 0.3) is 10.9 Å². The molecule has 2 aromatic carbocycles. The van der Waals surface area contributed by atoms with Crippen LogP contribution in [0.4, 0.5) is 5.69 Å². The molecule has 0 fully saturated rings. The van der Waals surface area contributed by atoms with Crippen molar-refractivity contribution in [2.75, 3.05) is 11.9 Å². The Bertz CT molecular complexity index is 685. The average molecular weight is 251 g/mol. The summed E-state index contributed by atoms with van der Waals surface area (Å²) in [7, 11) is 0. The molecular formula is C16H17N3. The third-order valence-corrected chi connectivity index (χ3v) is 3.34. The van der Waals surface area contributed by atoms with Crippen LogP contribution in [-0.4, -0.2) is 16.3 Å². The smallest absolute Gasteiger partial charge is 0.0683 e. The first-order valence-electron chi connectivity index (χ1n) is 6.54. The van der Waals surface area contributed by atoms with Crippen molar-refractivity contribution in [2.24, 2.45) is 0 Å². The second kappa shape index (κ2) is 5.14. The first-order valence-corrected chi connectivity index (χ1v) is 6.54. The highest BCUT2D eigenvalue weighted by atomic mass is 15.3. The fourth-order valence-electron chi connectivity index (χ4n) is 2.27. The SMILES string of the molecule is Cc1ccccc1NCCn1ncc2ccccc21. The second-order valence-electron chi connectivity index (χ2n) is 4.67. The average Bonchev–Trinajstić information content (AvgIpc) is 2.85. The molecule has 96 valence electrons. The molecule has 1 N–H and O–H groups in total. The maximum Gasteiger partial charge on any atom is 0.0683 e. The normalized spacial score (nSPS) is 10.8. The molecule has 0 unspecified atom stereocenters. The lowest BCUT2D eigenvalue weighted by Crippen LogP contribution is -2.11. The molecule has 0 aliphatic carbocycles. The van der Waals surface area contributed by atoms with Gasteiger partial charge < -0.3 is 5.32 Å². The molecule has 0 bridgehead atoms. The van der Waals surface area contributed by atoms with Gasteiger partial charge in [0, 0.05) is 17.6 Å². The number of nitrogens with one attached hydrogen (secondary N) is 1. The van der Waals surface area contributed by atoms with E-state index in [-0.39, 0.29) is 0 Å². The zero-order valence-corrected chi connectivity index (χ0v) is 11.0. The maximum atomic E-state index is 4.43. The van der Waals surface area contributed by atoms with Gasteiger partial charge in [0.05, 0.1) is 18.3 Å². The van der Waals surface area contributed by atoms with Crippen molar-refractivity contribution < 1.29 is 0 Å². The number of hydrogen-bond donors (Lipinski definition) is 1. The van der Waals surface area contributed by atoms with Crippen molar-refractivity contribution in [3.63, 3.8) is 0 Å². The van der Waals surface area contributed by atoms with Crippen molar-refractivity contribution in [2.45, 2.75) is 13.5 Å². The van der Waals surface area contributed by atoms with Crippen molar-refractivity contribution in [3.05, 3.63) is 60.3 Å². The number of para-hydroxylation sites is 2. The zero-order chi connectivity index (χ0) is 13.1. The third-order valence-electron chi connectivity index (χ3n) is 3.34. The summed E-state index contributed by atoms with van der Waals surface area (Å²) in [6.45, 7) is 3.85. The molecule has 0 aliphatic heterocycles. The number of hydrogen-bond acceptors (Lipinski definition) is 2. The quantitative estimate of drug-likeness (QED) is 0.769. The van der Waals surface area contributed by atoms with E-state index in [0.29, 0.717) is 0 Å². The highest BCUT2D eigenvalue weighted by Crippen LogP contribution is 2.14. The van der Waals surface area contributed by atoms with E-state index < -0.39 is 0 Å². The predicted octanol–water partition coefficient (Wildman–Crippen LogP) is 3.46. The van der Waals surface area contributed by atoms with Crippen LogP contribution >= 0.6 is 0 Å². The summed E-state index contributed by atoms with van der Waals surface area (Å²) in [5, 5.41) is 9.07. The van der Waals surface area contributed by atoms with Gasteiger partial charge in [0.2, 0.25) is 0 Å². The molecule has 0 saturated carbocycles. The number of rotatable bonds is 4. The van der Waals surface area contributed by atoms with Crippen molar-refractivity contribution in [1.82, 2.24) is 9.78 Å². The molecule has 0 radical (unpaired) electrons. The topological polar surface area (TPSA) is 29.9 Å². The number of aryl methyl sites for hydroxylation is 1. The number of aromatic nitrogens is 2. The van der Waals surface area contributed by atoms with Gasteiger partial charge in [0.1, 0.15) is 0 Å². The van der Waals surface area contributed by atoms with Gasteiger partial charge in [0.25, 0.3) is 0 Å². The van der Waals surface area contributed by atoms with Gasteiger partial charge in [-0.15, -0.1) is 0 Å². The van der Waals surface area contributed by atoms with Crippen LogP contribution in [0.1, 0.15) is 5.56 Å². The lowest BCUT2D eigenvalue weighted by molar-refractivity contribution is 0.660. The minimum Gasteiger partial charge on any atom is -0.383 e. The highest BCUT2D eigenvalue weighted by Gasteiger charge is 2.01. The Morgan fingerprint density at radius 2 is 1.84 bits per heavy atom. The van der Waals surface area contributed by atoms with E-state index in [2.05, 4.69) is 59.8 Å². The standard InChI is InChI=1S/C16H17N3/c1-13-6-2-4-8-15(13)17-10-11-19-16-9-5-3-7-14(16)12-18-19/h2-9,12,17H,10-11H2,1H3. The summed E-state index contributed by atoms with van der Waals surface area (Å²) < 4.78 is 2.04. The molecule has 0 amide bonds. The Kier molecular flexibility index (Phi) is 3.19. The summed E-state index contributed by atoms with van der Waals surface area (Å²) in [6, 6.07) is 16.6. The Balaban J connectivity index is 1.68. The number of nitrogens with zero attached hydrogens (tertiary/aromatic N) is 2. The molecule has 1 aromatic heterocycles. The van der Waals surface area contributed by atoms with E-state index in [0.717, 1.165) is 13.1 Å². The van der Waals surface area contributed by atoms with Crippen LogP contribution < -0.4 is 5.32 Å². The van der Waals surface area contributed by atoms with Gasteiger partial charge in [-0.05, 0) is 24.6 Å². The van der Waals surface area contributed by atoms with Gasteiger partial charge in [-0.3, -0.25) is 4.68 Å². The lowest BCUT2D eigenvalue weighted by atomic mass is 10.2. The molecule has 3 aromatic rings. The fraction of sp³-hybridized carbons (Fsp3) is 0.188. The molecule has 3 rings (SSSR count). The Morgan fingerprint density at radius 1 is 1.05 bits per heavy atom. The molecule has 0 atom stereocenters. The van der Waals surface area contributed by atoms with Gasteiger partial charge >= 0.3 is 0 Å². The molecule has 0 aliphatic rings. The van der Waals surface area contributed by atoms with E-state index in [1.807, 2.05) is 16.9 Å². The van der Waals surface area contributed by atoms with Crippen LogP contribution in [0.2, 0.25) is 0 Å². The lowest BCUT2D eigenvalue weighted by Gasteiger charge is -2.09. The summed E-state index contributed by atoms with van der Waals surface area (Å²) in [4.78, 5) is 0. The molecule has 3 nitrogen and oxygen atoms in total. The minimum atomic E-state index is 0.863. The van der Waals surface area contributed by atoms with Crippen LogP contribution in [-0.2, 0) is 6.54 Å². The highest BCUT2D eigenvalue weighted by molar-refractivity contribution is 5.78. The van der Waals surface area contributed by atoms with E-state index >= 15 is 0 Å². The molecule has 0 spiro atoms. The Morgan fingerprint density at radius 3 is 2.74 bits per heavy atom. The molecule has 19 heavy (non-hydrogen) atoms. The van der Waals surface area contributed by atoms with E-state index in [4.69, 9.17) is 0 Å². The largest absolute Gasteiger partial charge is 0.383 e. The fourth-order valence-corrected chi connectivity index (χ4v) is 2.27. The first-order chi connectivity index (χ1) is 9.34. The third kappa shape index (κ3) is 2.45. The molecule has 0 saturated heterocycles. The van der Waals surface area contributed by atoms with Crippen molar-refractivity contribution >= 4 is 16.6 Å². The Hall–Kier alpha value is -2.29. The van der Waals surface area contributed by atoms with Gasteiger partial charge in [0.15, 0.2) is 0 Å². The minimum absolute atomic E-state index is 0.863. The summed E-state index contributed by atoms with van der Waals surface area (Å²) in [5.41, 5.74) is 3.65. The zero-order valence-electron chi connectivity index (χ0n) is 11.0. The van der Waals surface area contributed by atoms with Crippen molar-refractivity contribution in [3.8, 4) is 0 Å². The number of benzene rings is 2. The Labute approximate surface area is 112 Å². The predicted molar refractivity (Wildman–Crippen MR) is 79.4 cm³/mol. The molecule has 1 heterocycles. The molecular weight excluding hydrogens is 234 g/mol. The second-order valence-corrected chi connectivity index (χ2v) is 4.67. The van der Waals surface area contributed by atoms with Crippen LogP contribution in [0.5, 0.6) is 0 Å². The van der Waals surface area contributed by atoms with E-state index in [1.165, 1.54) is 22.2 Å². The first kappa shape index (κ1) is 11.8. The van der Waals surface area contributed by atoms with Crippen LogP contribution in [0.15, 0.2) is 54.7 Å². The van der Waals surface area contributed by atoms with Crippen molar-refractivity contribution in [1.29, 1.82) is 0 Å². The summed E-state index contributed by atoms with van der Waals surface area (Å²) in [5.74, 6) is 0. The monoisotopic (exact) mass is 251 g/mol. The van der Waals surface area contributed by atoms with Gasteiger partial charge in [-0.1, -0.05) is 36.4 Å². The summed E-state index contributed by atoms with van der Waals surface area (Å²) in [6.07, 6.45) is 1.92. The van der Waals surface area contributed by atoms with Gasteiger partial charge in [-0.2, -0.15) is 5.10 Å². The molecule has 3 heteroatoms. The van der Waals surface area contributed by atoms with Crippen LogP contribution in [0.3, 0.4) is 0 Å².